The number of carbonyl (C=O) groups is 2. The Labute approximate surface area is 150 Å². The first-order valence-corrected chi connectivity index (χ1v) is 8.31. The standard InChI is InChI=1S/C16H19ClN4O4/c1-11(12-6-7-13(17)14(9-12)21(24)25)18-19-15(22)10-20-8-4-2-3-5-16(20)23/h6-7,9H,2-5,8,10H2,1H3,(H,19,22)/b18-11-. The zero-order valence-corrected chi connectivity index (χ0v) is 14.6. The van der Waals surface area contributed by atoms with Gasteiger partial charge >= 0.3 is 0 Å². The second kappa shape index (κ2) is 8.57. The largest absolute Gasteiger partial charge is 0.333 e. The highest BCUT2D eigenvalue weighted by Crippen LogP contribution is 2.25. The fraction of sp³-hybridized carbons (Fsp3) is 0.438. The van der Waals surface area contributed by atoms with Crippen molar-refractivity contribution in [2.45, 2.75) is 32.6 Å². The molecule has 0 unspecified atom stereocenters. The smallest absolute Gasteiger partial charge is 0.288 e. The molecule has 0 radical (unpaired) electrons. The molecule has 1 heterocycles. The summed E-state index contributed by atoms with van der Waals surface area (Å²) in [7, 11) is 0. The molecule has 1 N–H and O–H groups in total. The van der Waals surface area contributed by atoms with E-state index in [1.807, 2.05) is 0 Å². The first kappa shape index (κ1) is 18.9. The molecule has 1 aromatic carbocycles. The Balaban J connectivity index is 2.00. The number of nitrogens with zero attached hydrogens (tertiary/aromatic N) is 3. The fourth-order valence-electron chi connectivity index (χ4n) is 2.50. The van der Waals surface area contributed by atoms with E-state index in [1.165, 1.54) is 17.0 Å². The van der Waals surface area contributed by atoms with Crippen LogP contribution in [0.4, 0.5) is 5.69 Å². The average molecular weight is 367 g/mol. The Hall–Kier alpha value is -2.48. The predicted octanol–water partition coefficient (Wildman–Crippen LogP) is 2.49. The minimum Gasteiger partial charge on any atom is -0.333 e. The molecule has 0 bridgehead atoms. The number of nitrogens with one attached hydrogen (secondary N) is 1. The highest BCUT2D eigenvalue weighted by Gasteiger charge is 2.19. The lowest BCUT2D eigenvalue weighted by Crippen LogP contribution is -2.39. The number of hydrazone groups is 1. The maximum Gasteiger partial charge on any atom is 0.288 e. The van der Waals surface area contributed by atoms with Gasteiger partial charge in [0.2, 0.25) is 5.91 Å². The molecular weight excluding hydrogens is 348 g/mol. The molecule has 25 heavy (non-hydrogen) atoms. The van der Waals surface area contributed by atoms with Crippen LogP contribution < -0.4 is 5.43 Å². The summed E-state index contributed by atoms with van der Waals surface area (Å²) in [5.74, 6) is -0.431. The van der Waals surface area contributed by atoms with Gasteiger partial charge in [-0.05, 0) is 25.8 Å². The zero-order valence-electron chi connectivity index (χ0n) is 13.8. The Morgan fingerprint density at radius 2 is 2.16 bits per heavy atom. The maximum absolute atomic E-state index is 12.0. The van der Waals surface area contributed by atoms with Crippen LogP contribution >= 0.6 is 11.6 Å². The van der Waals surface area contributed by atoms with Crippen molar-refractivity contribution in [1.82, 2.24) is 10.3 Å². The molecule has 1 fully saturated rings. The van der Waals surface area contributed by atoms with Gasteiger partial charge in [-0.25, -0.2) is 5.43 Å². The van der Waals surface area contributed by atoms with Gasteiger partial charge < -0.3 is 4.90 Å². The minimum absolute atomic E-state index is 0.0262. The van der Waals surface area contributed by atoms with Gasteiger partial charge in [0, 0.05) is 24.6 Å². The Bertz CT molecular complexity index is 720. The molecule has 8 nitrogen and oxygen atoms in total. The predicted molar refractivity (Wildman–Crippen MR) is 93.5 cm³/mol. The van der Waals surface area contributed by atoms with Gasteiger partial charge in [0.05, 0.1) is 10.6 Å². The van der Waals surface area contributed by atoms with Crippen molar-refractivity contribution in [3.05, 3.63) is 38.9 Å². The van der Waals surface area contributed by atoms with Gasteiger partial charge in [0.1, 0.15) is 11.6 Å². The molecule has 0 aromatic heterocycles. The van der Waals surface area contributed by atoms with Gasteiger partial charge in [0.15, 0.2) is 0 Å². The van der Waals surface area contributed by atoms with Crippen LogP contribution in [0.15, 0.2) is 23.3 Å². The molecular formula is C16H19ClN4O4. The van der Waals surface area contributed by atoms with Gasteiger partial charge in [-0.3, -0.25) is 19.7 Å². The van der Waals surface area contributed by atoms with Gasteiger partial charge in [-0.2, -0.15) is 5.10 Å². The number of likely N-dealkylation sites (tertiary alicyclic amines) is 1. The maximum atomic E-state index is 12.0. The van der Waals surface area contributed by atoms with E-state index >= 15 is 0 Å². The second-order valence-corrected chi connectivity index (χ2v) is 6.19. The molecule has 1 aromatic rings. The third-order valence-corrected chi connectivity index (χ3v) is 4.23. The van der Waals surface area contributed by atoms with E-state index in [0.717, 1.165) is 19.3 Å². The molecule has 1 saturated heterocycles. The van der Waals surface area contributed by atoms with Crippen molar-refractivity contribution in [3.8, 4) is 0 Å². The number of hydrogen-bond donors (Lipinski definition) is 1. The summed E-state index contributed by atoms with van der Waals surface area (Å²) < 4.78 is 0. The molecule has 1 aliphatic rings. The summed E-state index contributed by atoms with van der Waals surface area (Å²) in [4.78, 5) is 35.7. The van der Waals surface area contributed by atoms with Crippen LogP contribution in [0, 0.1) is 10.1 Å². The van der Waals surface area contributed by atoms with Crippen LogP contribution in [0.1, 0.15) is 38.2 Å². The molecule has 0 saturated carbocycles. The van der Waals surface area contributed by atoms with Crippen molar-refractivity contribution in [1.29, 1.82) is 0 Å². The topological polar surface area (TPSA) is 105 Å². The quantitative estimate of drug-likeness (QED) is 0.491. The van der Waals surface area contributed by atoms with Crippen molar-refractivity contribution in [3.63, 3.8) is 0 Å². The number of amides is 2. The number of hydrogen-bond acceptors (Lipinski definition) is 5. The van der Waals surface area contributed by atoms with Crippen LogP contribution in [0.3, 0.4) is 0 Å². The first-order valence-electron chi connectivity index (χ1n) is 7.93. The Kier molecular flexibility index (Phi) is 6.46. The monoisotopic (exact) mass is 366 g/mol. The number of carbonyl (C=O) groups excluding carboxylic acids is 2. The highest BCUT2D eigenvalue weighted by molar-refractivity contribution is 6.32. The Morgan fingerprint density at radius 3 is 2.88 bits per heavy atom. The van der Waals surface area contributed by atoms with E-state index in [9.17, 15) is 19.7 Å². The van der Waals surface area contributed by atoms with Gasteiger partial charge in [-0.15, -0.1) is 0 Å². The van der Waals surface area contributed by atoms with Crippen LogP contribution in [-0.2, 0) is 9.59 Å². The molecule has 0 atom stereocenters. The van der Waals surface area contributed by atoms with Gasteiger partial charge in [-0.1, -0.05) is 24.1 Å². The van der Waals surface area contributed by atoms with Crippen molar-refractivity contribution in [2.24, 2.45) is 5.10 Å². The molecule has 2 amide bonds. The molecule has 9 heteroatoms. The van der Waals surface area contributed by atoms with E-state index in [-0.39, 0.29) is 23.2 Å². The summed E-state index contributed by atoms with van der Waals surface area (Å²) in [6.45, 7) is 2.14. The molecule has 134 valence electrons. The van der Waals surface area contributed by atoms with Crippen LogP contribution in [0.5, 0.6) is 0 Å². The molecule has 1 aliphatic heterocycles. The number of rotatable bonds is 5. The van der Waals surface area contributed by atoms with Crippen LogP contribution in [0.2, 0.25) is 5.02 Å². The van der Waals surface area contributed by atoms with E-state index in [1.54, 1.807) is 13.0 Å². The lowest BCUT2D eigenvalue weighted by molar-refractivity contribution is -0.384. The van der Waals surface area contributed by atoms with E-state index in [4.69, 9.17) is 11.6 Å². The highest BCUT2D eigenvalue weighted by atomic mass is 35.5. The number of nitro benzene ring substituents is 1. The molecule has 0 aliphatic carbocycles. The lowest BCUT2D eigenvalue weighted by atomic mass is 10.1. The minimum atomic E-state index is -0.581. The Morgan fingerprint density at radius 1 is 1.40 bits per heavy atom. The molecule has 2 rings (SSSR count). The summed E-state index contributed by atoms with van der Waals surface area (Å²) in [5.41, 5.74) is 3.03. The van der Waals surface area contributed by atoms with E-state index in [0.29, 0.717) is 24.2 Å². The van der Waals surface area contributed by atoms with Crippen molar-refractivity contribution < 1.29 is 14.5 Å². The SMILES string of the molecule is C/C(=N/NC(=O)CN1CCCCCC1=O)c1ccc(Cl)c([N+](=O)[O-])c1. The summed E-state index contributed by atoms with van der Waals surface area (Å²) in [6.07, 6.45) is 3.18. The third kappa shape index (κ3) is 5.25. The normalized spacial score (nSPS) is 15.7. The van der Waals surface area contributed by atoms with Crippen LogP contribution in [0.25, 0.3) is 0 Å². The van der Waals surface area contributed by atoms with E-state index in [2.05, 4.69) is 10.5 Å². The van der Waals surface area contributed by atoms with Crippen molar-refractivity contribution >= 4 is 34.8 Å². The zero-order chi connectivity index (χ0) is 18.4. The second-order valence-electron chi connectivity index (χ2n) is 5.78. The first-order chi connectivity index (χ1) is 11.9. The number of nitro groups is 1. The molecule has 0 spiro atoms. The van der Waals surface area contributed by atoms with Gasteiger partial charge in [0.25, 0.3) is 11.6 Å². The summed E-state index contributed by atoms with van der Waals surface area (Å²) in [6, 6.07) is 4.29. The van der Waals surface area contributed by atoms with Crippen molar-refractivity contribution in [2.75, 3.05) is 13.1 Å². The average Bonchev–Trinajstić information content (AvgIpc) is 2.77. The number of halogens is 1. The van der Waals surface area contributed by atoms with E-state index < -0.39 is 10.8 Å². The fourth-order valence-corrected chi connectivity index (χ4v) is 2.69. The lowest BCUT2D eigenvalue weighted by Gasteiger charge is -2.19. The summed E-state index contributed by atoms with van der Waals surface area (Å²) >= 11 is 5.77. The van der Waals surface area contributed by atoms with Crippen LogP contribution in [-0.4, -0.2) is 40.4 Å². The summed E-state index contributed by atoms with van der Waals surface area (Å²) in [5, 5.41) is 14.9. The number of benzene rings is 1. The third-order valence-electron chi connectivity index (χ3n) is 3.91.